The second-order valence-electron chi connectivity index (χ2n) is 4.01. The molecule has 2 rings (SSSR count). The van der Waals surface area contributed by atoms with Gasteiger partial charge in [0.05, 0.1) is 16.8 Å². The Morgan fingerprint density at radius 1 is 1.44 bits per heavy atom. The summed E-state index contributed by atoms with van der Waals surface area (Å²) in [5.74, 6) is -1.43. The van der Waals surface area contributed by atoms with E-state index in [2.05, 4.69) is 15.9 Å². The van der Waals surface area contributed by atoms with E-state index in [0.717, 1.165) is 18.9 Å². The predicted octanol–water partition coefficient (Wildman–Crippen LogP) is 3.49. The molecule has 0 radical (unpaired) electrons. The normalized spacial score (nSPS) is 15.9. The van der Waals surface area contributed by atoms with E-state index < -0.39 is 11.6 Å². The smallest absolute Gasteiger partial charge is 0.192 e. The van der Waals surface area contributed by atoms with Gasteiger partial charge in [0.15, 0.2) is 17.4 Å². The van der Waals surface area contributed by atoms with Crippen LogP contribution in [0, 0.1) is 17.6 Å². The van der Waals surface area contributed by atoms with E-state index in [0.29, 0.717) is 12.5 Å². The first-order valence-electron chi connectivity index (χ1n) is 5.15. The average Bonchev–Trinajstić information content (AvgIpc) is 2.17. The molecule has 16 heavy (non-hydrogen) atoms. The molecule has 1 aromatic rings. The molecule has 1 aromatic carbocycles. The summed E-state index contributed by atoms with van der Waals surface area (Å²) in [7, 11) is 0. The van der Waals surface area contributed by atoms with Crippen molar-refractivity contribution in [2.75, 3.05) is 12.3 Å². The van der Waals surface area contributed by atoms with E-state index in [1.807, 2.05) is 0 Å². The molecule has 2 nitrogen and oxygen atoms in total. The monoisotopic (exact) mass is 291 g/mol. The summed E-state index contributed by atoms with van der Waals surface area (Å²) in [6.45, 7) is 0.365. The Morgan fingerprint density at radius 3 is 2.69 bits per heavy atom. The van der Waals surface area contributed by atoms with Gasteiger partial charge in [0.1, 0.15) is 0 Å². The van der Waals surface area contributed by atoms with Gasteiger partial charge >= 0.3 is 0 Å². The Bertz CT molecular complexity index is 407. The van der Waals surface area contributed by atoms with Gasteiger partial charge in [-0.05, 0) is 34.7 Å². The maximum Gasteiger partial charge on any atom is 0.192 e. The van der Waals surface area contributed by atoms with Crippen LogP contribution in [-0.4, -0.2) is 6.61 Å². The highest BCUT2D eigenvalue weighted by Crippen LogP contribution is 2.34. The van der Waals surface area contributed by atoms with Crippen LogP contribution in [0.1, 0.15) is 19.3 Å². The van der Waals surface area contributed by atoms with Gasteiger partial charge in [-0.25, -0.2) is 8.78 Å². The number of halogens is 3. The zero-order valence-corrected chi connectivity index (χ0v) is 10.2. The molecular weight excluding hydrogens is 280 g/mol. The van der Waals surface area contributed by atoms with E-state index in [1.165, 1.54) is 6.42 Å². The van der Waals surface area contributed by atoms with Crippen LogP contribution >= 0.6 is 15.9 Å². The van der Waals surface area contributed by atoms with E-state index in [-0.39, 0.29) is 15.9 Å². The van der Waals surface area contributed by atoms with Crippen LogP contribution in [0.5, 0.6) is 5.75 Å². The number of ether oxygens (including phenoxy) is 1. The summed E-state index contributed by atoms with van der Waals surface area (Å²) >= 11 is 2.96. The molecule has 0 amide bonds. The van der Waals surface area contributed by atoms with Crippen molar-refractivity contribution in [3.05, 3.63) is 22.2 Å². The minimum Gasteiger partial charge on any atom is -0.487 e. The lowest BCUT2D eigenvalue weighted by atomic mass is 9.86. The fourth-order valence-electron chi connectivity index (χ4n) is 1.59. The topological polar surface area (TPSA) is 35.2 Å². The Morgan fingerprint density at radius 2 is 2.12 bits per heavy atom. The number of nitrogens with two attached hydrogens (primary N) is 1. The second kappa shape index (κ2) is 4.57. The molecule has 2 N–H and O–H groups in total. The van der Waals surface area contributed by atoms with E-state index in [9.17, 15) is 8.78 Å². The highest BCUT2D eigenvalue weighted by Gasteiger charge is 2.21. The fraction of sp³-hybridized carbons (Fsp3) is 0.455. The van der Waals surface area contributed by atoms with Crippen molar-refractivity contribution >= 4 is 21.6 Å². The van der Waals surface area contributed by atoms with Gasteiger partial charge in [0.2, 0.25) is 0 Å². The zero-order chi connectivity index (χ0) is 11.7. The first kappa shape index (κ1) is 11.6. The standard InChI is InChI=1S/C11H12BrF2NO/c12-9-8(15)4-7(13)11(10(9)14)16-5-6-2-1-3-6/h4,6H,1-3,5,15H2. The summed E-state index contributed by atoms with van der Waals surface area (Å²) in [4.78, 5) is 0. The molecule has 0 atom stereocenters. The van der Waals surface area contributed by atoms with Crippen molar-refractivity contribution in [1.82, 2.24) is 0 Å². The third-order valence-corrected chi connectivity index (χ3v) is 3.64. The molecule has 0 saturated heterocycles. The number of nitrogen functional groups attached to an aromatic ring is 1. The molecule has 5 heteroatoms. The van der Waals surface area contributed by atoms with Crippen LogP contribution in [0.2, 0.25) is 0 Å². The number of anilines is 1. The summed E-state index contributed by atoms with van der Waals surface area (Å²) < 4.78 is 32.2. The number of benzene rings is 1. The van der Waals surface area contributed by atoms with E-state index in [4.69, 9.17) is 10.5 Å². The molecule has 0 aromatic heterocycles. The van der Waals surface area contributed by atoms with Gasteiger partial charge in [0.25, 0.3) is 0 Å². The molecule has 88 valence electrons. The molecular formula is C11H12BrF2NO. The minimum atomic E-state index is -0.767. The third-order valence-electron chi connectivity index (χ3n) is 2.83. The number of hydrogen-bond acceptors (Lipinski definition) is 2. The van der Waals surface area contributed by atoms with Crippen LogP contribution < -0.4 is 10.5 Å². The first-order chi connectivity index (χ1) is 7.59. The van der Waals surface area contributed by atoms with Gasteiger partial charge < -0.3 is 10.5 Å². The molecule has 1 fully saturated rings. The second-order valence-corrected chi connectivity index (χ2v) is 4.81. The third kappa shape index (κ3) is 2.14. The maximum atomic E-state index is 13.6. The summed E-state index contributed by atoms with van der Waals surface area (Å²) in [5.41, 5.74) is 5.43. The molecule has 0 spiro atoms. The lowest BCUT2D eigenvalue weighted by Gasteiger charge is -2.25. The average molecular weight is 292 g/mol. The van der Waals surface area contributed by atoms with E-state index >= 15 is 0 Å². The van der Waals surface area contributed by atoms with Crippen molar-refractivity contribution in [3.63, 3.8) is 0 Å². The van der Waals surface area contributed by atoms with Gasteiger partial charge in [0, 0.05) is 6.07 Å². The zero-order valence-electron chi connectivity index (χ0n) is 8.60. The first-order valence-corrected chi connectivity index (χ1v) is 5.94. The highest BCUT2D eigenvalue weighted by molar-refractivity contribution is 9.10. The van der Waals surface area contributed by atoms with Crippen LogP contribution in [0.15, 0.2) is 10.5 Å². The molecule has 0 bridgehead atoms. The Hall–Kier alpha value is -0.840. The SMILES string of the molecule is Nc1cc(F)c(OCC2CCC2)c(F)c1Br. The minimum absolute atomic E-state index is 0.0333. The molecule has 1 aliphatic rings. The van der Waals surface area contributed by atoms with Crippen LogP contribution in [0.25, 0.3) is 0 Å². The fourth-order valence-corrected chi connectivity index (χ4v) is 1.88. The number of rotatable bonds is 3. The van der Waals surface area contributed by atoms with Crippen molar-refractivity contribution in [2.24, 2.45) is 5.92 Å². The highest BCUT2D eigenvalue weighted by atomic mass is 79.9. The van der Waals surface area contributed by atoms with Crippen molar-refractivity contribution in [1.29, 1.82) is 0 Å². The predicted molar refractivity (Wildman–Crippen MR) is 61.3 cm³/mol. The summed E-state index contributed by atoms with van der Waals surface area (Å²) in [5, 5.41) is 0. The van der Waals surface area contributed by atoms with Crippen molar-refractivity contribution in [3.8, 4) is 5.75 Å². The van der Waals surface area contributed by atoms with Crippen molar-refractivity contribution < 1.29 is 13.5 Å². The van der Waals surface area contributed by atoms with Gasteiger partial charge in [-0.1, -0.05) is 6.42 Å². The Balaban J connectivity index is 2.15. The van der Waals surface area contributed by atoms with E-state index in [1.54, 1.807) is 0 Å². The van der Waals surface area contributed by atoms with Gasteiger partial charge in [-0.3, -0.25) is 0 Å². The largest absolute Gasteiger partial charge is 0.487 e. The van der Waals surface area contributed by atoms with Gasteiger partial charge in [-0.15, -0.1) is 0 Å². The lowest BCUT2D eigenvalue weighted by Crippen LogP contribution is -2.20. The van der Waals surface area contributed by atoms with Gasteiger partial charge in [-0.2, -0.15) is 0 Å². The Kier molecular flexibility index (Phi) is 3.33. The number of hydrogen-bond donors (Lipinski definition) is 1. The van der Waals surface area contributed by atoms with Crippen LogP contribution in [0.3, 0.4) is 0 Å². The summed E-state index contributed by atoms with van der Waals surface area (Å²) in [6.07, 6.45) is 3.31. The van der Waals surface area contributed by atoms with Crippen LogP contribution in [0.4, 0.5) is 14.5 Å². The quantitative estimate of drug-likeness (QED) is 0.683. The molecule has 1 saturated carbocycles. The molecule has 0 aliphatic heterocycles. The molecule has 1 aliphatic carbocycles. The van der Waals surface area contributed by atoms with Crippen LogP contribution in [-0.2, 0) is 0 Å². The Labute approximate surface area is 101 Å². The maximum absolute atomic E-state index is 13.6. The lowest BCUT2D eigenvalue weighted by molar-refractivity contribution is 0.169. The summed E-state index contributed by atoms with van der Waals surface area (Å²) in [6, 6.07) is 1.06. The molecule has 0 heterocycles. The molecule has 0 unspecified atom stereocenters. The van der Waals surface area contributed by atoms with Crippen molar-refractivity contribution in [2.45, 2.75) is 19.3 Å².